The Labute approximate surface area is 98.9 Å². The number of carboxylic acid groups (broad SMARTS) is 1. The zero-order valence-electron chi connectivity index (χ0n) is 11.0. The Morgan fingerprint density at radius 1 is 1.31 bits per heavy atom. The first-order valence-electron chi connectivity index (χ1n) is 6.19. The summed E-state index contributed by atoms with van der Waals surface area (Å²) in [6, 6.07) is 0. The Hall–Kier alpha value is -0.570. The highest BCUT2D eigenvalue weighted by atomic mass is 16.4. The summed E-state index contributed by atoms with van der Waals surface area (Å²) in [5.41, 5.74) is 0.333. The van der Waals surface area contributed by atoms with Crippen LogP contribution in [0.25, 0.3) is 0 Å². The average molecular weight is 230 g/mol. The van der Waals surface area contributed by atoms with Crippen molar-refractivity contribution < 1.29 is 15.0 Å². The summed E-state index contributed by atoms with van der Waals surface area (Å²) in [5, 5.41) is 17.3. The molecule has 0 heterocycles. The molecule has 2 N–H and O–H groups in total. The fourth-order valence-corrected chi connectivity index (χ4v) is 2.29. The quantitative estimate of drug-likeness (QED) is 0.766. The van der Waals surface area contributed by atoms with Gasteiger partial charge in [0.25, 0.3) is 5.97 Å². The fourth-order valence-electron chi connectivity index (χ4n) is 2.29. The largest absolute Gasteiger partial charge is 0.481 e. The second-order valence-electron chi connectivity index (χ2n) is 5.32. The molecule has 0 spiro atoms. The van der Waals surface area contributed by atoms with Crippen molar-refractivity contribution in [1.82, 2.24) is 0 Å². The molecule has 0 aromatic heterocycles. The van der Waals surface area contributed by atoms with Gasteiger partial charge < -0.3 is 10.2 Å². The molecule has 0 aromatic rings. The summed E-state index contributed by atoms with van der Waals surface area (Å²) in [4.78, 5) is 9.00. The molecule has 0 aromatic carbocycles. The van der Waals surface area contributed by atoms with Gasteiger partial charge in [-0.25, -0.2) is 0 Å². The first kappa shape index (κ1) is 15.4. The molecule has 0 saturated heterocycles. The third-order valence-electron chi connectivity index (χ3n) is 3.64. The Kier molecular flexibility index (Phi) is 6.65. The van der Waals surface area contributed by atoms with Crippen molar-refractivity contribution in [1.29, 1.82) is 0 Å². The van der Waals surface area contributed by atoms with E-state index in [1.165, 1.54) is 25.7 Å². The van der Waals surface area contributed by atoms with E-state index < -0.39 is 5.97 Å². The van der Waals surface area contributed by atoms with Crippen LogP contribution in [0.5, 0.6) is 0 Å². The topological polar surface area (TPSA) is 57.5 Å². The molecular weight excluding hydrogens is 204 g/mol. The zero-order valence-corrected chi connectivity index (χ0v) is 11.0. The number of aliphatic hydroxyl groups excluding tert-OH is 1. The van der Waals surface area contributed by atoms with E-state index in [1.807, 2.05) is 0 Å². The van der Waals surface area contributed by atoms with Gasteiger partial charge in [-0.2, -0.15) is 0 Å². The molecule has 1 aliphatic rings. The van der Waals surface area contributed by atoms with E-state index in [0.29, 0.717) is 11.3 Å². The molecule has 1 saturated carbocycles. The van der Waals surface area contributed by atoms with Crippen LogP contribution in [0, 0.1) is 11.3 Å². The second kappa shape index (κ2) is 6.89. The first-order chi connectivity index (χ1) is 7.31. The van der Waals surface area contributed by atoms with Gasteiger partial charge in [0.15, 0.2) is 0 Å². The number of carboxylic acids is 1. The summed E-state index contributed by atoms with van der Waals surface area (Å²) in [6.45, 7) is 7.87. The van der Waals surface area contributed by atoms with Crippen molar-refractivity contribution >= 4 is 5.97 Å². The minimum atomic E-state index is -0.833. The lowest BCUT2D eigenvalue weighted by Gasteiger charge is -2.39. The zero-order chi connectivity index (χ0) is 12.8. The summed E-state index contributed by atoms with van der Waals surface area (Å²) in [5.74, 6) is -0.295. The predicted molar refractivity (Wildman–Crippen MR) is 65.3 cm³/mol. The van der Waals surface area contributed by atoms with Gasteiger partial charge >= 0.3 is 0 Å². The molecule has 96 valence electrons. The standard InChI is InChI=1S/C11H22O.C2H4O2/c1-4-11(2,3)9-7-5-6-8-10(9)12;1-2(3)4/h9-10,12H,4-8H2,1-3H3;1H3,(H,3,4). The van der Waals surface area contributed by atoms with Crippen molar-refractivity contribution in [3.8, 4) is 0 Å². The molecule has 1 fully saturated rings. The summed E-state index contributed by atoms with van der Waals surface area (Å²) in [6.07, 6.45) is 5.92. The Bertz CT molecular complexity index is 207. The van der Waals surface area contributed by atoms with Gasteiger partial charge in [-0.3, -0.25) is 4.79 Å². The van der Waals surface area contributed by atoms with Crippen LogP contribution >= 0.6 is 0 Å². The van der Waals surface area contributed by atoms with Crippen LogP contribution in [0.4, 0.5) is 0 Å². The summed E-state index contributed by atoms with van der Waals surface area (Å²) < 4.78 is 0. The van der Waals surface area contributed by atoms with Crippen molar-refractivity contribution in [2.75, 3.05) is 0 Å². The highest BCUT2D eigenvalue weighted by molar-refractivity contribution is 5.62. The SMILES string of the molecule is CC(=O)O.CCC(C)(C)C1CCCCC1O. The third kappa shape index (κ3) is 5.50. The van der Waals surface area contributed by atoms with Crippen LogP contribution in [0.1, 0.15) is 59.8 Å². The highest BCUT2D eigenvalue weighted by Gasteiger charge is 2.34. The van der Waals surface area contributed by atoms with Crippen LogP contribution in [-0.2, 0) is 4.79 Å². The maximum absolute atomic E-state index is 9.84. The lowest BCUT2D eigenvalue weighted by Crippen LogP contribution is -2.36. The Morgan fingerprint density at radius 3 is 2.12 bits per heavy atom. The Balaban J connectivity index is 0.000000487. The molecule has 0 aliphatic heterocycles. The monoisotopic (exact) mass is 230 g/mol. The van der Waals surface area contributed by atoms with Crippen LogP contribution in [0.3, 0.4) is 0 Å². The van der Waals surface area contributed by atoms with E-state index in [0.717, 1.165) is 13.3 Å². The molecule has 1 rings (SSSR count). The van der Waals surface area contributed by atoms with Crippen LogP contribution in [0.15, 0.2) is 0 Å². The third-order valence-corrected chi connectivity index (χ3v) is 3.64. The van der Waals surface area contributed by atoms with E-state index in [4.69, 9.17) is 9.90 Å². The van der Waals surface area contributed by atoms with Gasteiger partial charge in [0.05, 0.1) is 6.10 Å². The van der Waals surface area contributed by atoms with Gasteiger partial charge in [-0.15, -0.1) is 0 Å². The molecule has 16 heavy (non-hydrogen) atoms. The van der Waals surface area contributed by atoms with E-state index >= 15 is 0 Å². The smallest absolute Gasteiger partial charge is 0.300 e. The second-order valence-corrected chi connectivity index (χ2v) is 5.32. The van der Waals surface area contributed by atoms with Gasteiger partial charge in [-0.05, 0) is 24.2 Å². The van der Waals surface area contributed by atoms with Crippen molar-refractivity contribution in [3.05, 3.63) is 0 Å². The normalized spacial score (nSPS) is 25.6. The molecule has 2 atom stereocenters. The van der Waals surface area contributed by atoms with Gasteiger partial charge in [0.1, 0.15) is 0 Å². The minimum absolute atomic E-state index is 0.0336. The molecule has 3 nitrogen and oxygen atoms in total. The highest BCUT2D eigenvalue weighted by Crippen LogP contribution is 2.40. The number of rotatable bonds is 2. The molecule has 0 bridgehead atoms. The van der Waals surface area contributed by atoms with Gasteiger partial charge in [-0.1, -0.05) is 40.0 Å². The average Bonchev–Trinajstić information content (AvgIpc) is 2.17. The molecule has 0 radical (unpaired) electrons. The van der Waals surface area contributed by atoms with Crippen molar-refractivity contribution in [3.63, 3.8) is 0 Å². The summed E-state index contributed by atoms with van der Waals surface area (Å²) >= 11 is 0. The molecule has 2 unspecified atom stereocenters. The van der Waals surface area contributed by atoms with Crippen LogP contribution in [0.2, 0.25) is 0 Å². The molecule has 1 aliphatic carbocycles. The minimum Gasteiger partial charge on any atom is -0.481 e. The fraction of sp³-hybridized carbons (Fsp3) is 0.923. The first-order valence-corrected chi connectivity index (χ1v) is 6.19. The molecule has 0 amide bonds. The van der Waals surface area contributed by atoms with E-state index in [-0.39, 0.29) is 6.10 Å². The molecular formula is C13H26O3. The number of hydrogen-bond donors (Lipinski definition) is 2. The number of hydrogen-bond acceptors (Lipinski definition) is 2. The van der Waals surface area contributed by atoms with Gasteiger partial charge in [0.2, 0.25) is 0 Å². The Morgan fingerprint density at radius 2 is 1.75 bits per heavy atom. The van der Waals surface area contributed by atoms with Crippen molar-refractivity contribution in [2.24, 2.45) is 11.3 Å². The van der Waals surface area contributed by atoms with E-state index in [1.54, 1.807) is 0 Å². The maximum Gasteiger partial charge on any atom is 0.300 e. The lowest BCUT2D eigenvalue weighted by atomic mass is 9.68. The lowest BCUT2D eigenvalue weighted by molar-refractivity contribution is -0.134. The summed E-state index contributed by atoms with van der Waals surface area (Å²) in [7, 11) is 0. The van der Waals surface area contributed by atoms with Crippen LogP contribution < -0.4 is 0 Å². The van der Waals surface area contributed by atoms with Crippen LogP contribution in [-0.4, -0.2) is 22.3 Å². The van der Waals surface area contributed by atoms with Crippen molar-refractivity contribution in [2.45, 2.75) is 65.9 Å². The molecule has 3 heteroatoms. The van der Waals surface area contributed by atoms with Gasteiger partial charge in [0, 0.05) is 6.92 Å². The number of carbonyl (C=O) groups is 1. The maximum atomic E-state index is 9.84. The van der Waals surface area contributed by atoms with E-state index in [2.05, 4.69) is 20.8 Å². The predicted octanol–water partition coefficient (Wildman–Crippen LogP) is 3.06. The number of aliphatic hydroxyl groups is 1. The number of aliphatic carboxylic acids is 1. The van der Waals surface area contributed by atoms with E-state index in [9.17, 15) is 5.11 Å².